The average Bonchev–Trinajstić information content (AvgIpc) is 2.65. The predicted octanol–water partition coefficient (Wildman–Crippen LogP) is 5.98. The standard InChI is InChI=1S/C20H29NO3S.C2H6/c1-6-7-10-23-19-13-16(2)20(17(3)14-19)24-11-8-9-12-25-15-18(4)21-22-5;1-2/h6-9,13-14H,10-12,15H2,1-5H3;1-2H3/b7-6+,9-8+,21-18?;. The number of nitrogens with zero attached hydrogens (tertiary/aromatic N) is 1. The van der Waals surface area contributed by atoms with Gasteiger partial charge in [0.1, 0.15) is 31.8 Å². The maximum Gasteiger partial charge on any atom is 0.125 e. The SMILES string of the molecule is C/C=C/COc1cc(C)c(OC/C=C/CSCC(C)=NOC)c(C)c1.CC. The van der Waals surface area contributed by atoms with Crippen molar-refractivity contribution in [3.05, 3.63) is 47.6 Å². The molecule has 0 aliphatic carbocycles. The van der Waals surface area contributed by atoms with Crippen LogP contribution in [0.2, 0.25) is 0 Å². The van der Waals surface area contributed by atoms with Crippen LogP contribution in [0.4, 0.5) is 0 Å². The largest absolute Gasteiger partial charge is 0.490 e. The van der Waals surface area contributed by atoms with E-state index in [1.54, 1.807) is 18.9 Å². The van der Waals surface area contributed by atoms with Crippen molar-refractivity contribution in [1.29, 1.82) is 0 Å². The molecule has 0 unspecified atom stereocenters. The first kappa shape index (κ1) is 25.1. The van der Waals surface area contributed by atoms with Gasteiger partial charge in [-0.15, -0.1) is 0 Å². The summed E-state index contributed by atoms with van der Waals surface area (Å²) < 4.78 is 11.6. The highest BCUT2D eigenvalue weighted by Crippen LogP contribution is 2.28. The molecule has 152 valence electrons. The molecule has 0 aliphatic heterocycles. The van der Waals surface area contributed by atoms with E-state index in [-0.39, 0.29) is 0 Å². The van der Waals surface area contributed by atoms with Crippen molar-refractivity contribution in [1.82, 2.24) is 0 Å². The van der Waals surface area contributed by atoms with Crippen LogP contribution in [0.25, 0.3) is 0 Å². The Kier molecular flexibility index (Phi) is 15.2. The maximum atomic E-state index is 5.91. The smallest absolute Gasteiger partial charge is 0.125 e. The van der Waals surface area contributed by atoms with Crippen LogP contribution in [0.1, 0.15) is 38.8 Å². The van der Waals surface area contributed by atoms with Crippen molar-refractivity contribution >= 4 is 17.5 Å². The number of oxime groups is 1. The van der Waals surface area contributed by atoms with Gasteiger partial charge in [-0.3, -0.25) is 0 Å². The summed E-state index contributed by atoms with van der Waals surface area (Å²) in [4.78, 5) is 4.73. The Bertz CT molecular complexity index is 587. The molecule has 0 atom stereocenters. The highest BCUT2D eigenvalue weighted by Gasteiger charge is 2.06. The molecular formula is C22H35NO3S. The number of thioether (sulfide) groups is 1. The molecule has 0 spiro atoms. The Morgan fingerprint density at radius 2 is 1.67 bits per heavy atom. The van der Waals surface area contributed by atoms with E-state index in [4.69, 9.17) is 14.3 Å². The lowest BCUT2D eigenvalue weighted by molar-refractivity contribution is 0.213. The zero-order valence-corrected chi connectivity index (χ0v) is 18.7. The number of benzene rings is 1. The lowest BCUT2D eigenvalue weighted by atomic mass is 10.1. The van der Waals surface area contributed by atoms with Crippen molar-refractivity contribution in [2.24, 2.45) is 5.16 Å². The third-order valence-corrected chi connectivity index (χ3v) is 4.33. The average molecular weight is 394 g/mol. The Morgan fingerprint density at radius 1 is 1.04 bits per heavy atom. The number of allylic oxidation sites excluding steroid dienone is 1. The minimum Gasteiger partial charge on any atom is -0.490 e. The Hall–Kier alpha value is -1.88. The number of hydrogen-bond acceptors (Lipinski definition) is 5. The summed E-state index contributed by atoms with van der Waals surface area (Å²) in [7, 11) is 1.57. The van der Waals surface area contributed by atoms with Gasteiger partial charge in [-0.1, -0.05) is 43.3 Å². The Balaban J connectivity index is 0.00000326. The van der Waals surface area contributed by atoms with Gasteiger partial charge in [-0.2, -0.15) is 11.8 Å². The van der Waals surface area contributed by atoms with Crippen molar-refractivity contribution < 1.29 is 14.3 Å². The molecule has 0 amide bonds. The molecule has 1 rings (SSSR count). The van der Waals surface area contributed by atoms with Crippen LogP contribution in [0.15, 0.2) is 41.6 Å². The third-order valence-electron chi connectivity index (χ3n) is 3.28. The molecular weight excluding hydrogens is 358 g/mol. The lowest BCUT2D eigenvalue weighted by Gasteiger charge is -2.13. The zero-order valence-electron chi connectivity index (χ0n) is 17.9. The molecule has 0 aromatic heterocycles. The maximum absolute atomic E-state index is 5.91. The number of hydrogen-bond donors (Lipinski definition) is 0. The minimum atomic E-state index is 0.562. The van der Waals surface area contributed by atoms with E-state index in [1.165, 1.54) is 0 Å². The fourth-order valence-electron chi connectivity index (χ4n) is 2.19. The summed E-state index contributed by atoms with van der Waals surface area (Å²) >= 11 is 1.79. The first-order chi connectivity index (χ1) is 13.1. The topological polar surface area (TPSA) is 40.0 Å². The molecule has 1 aromatic carbocycles. The fourth-order valence-corrected chi connectivity index (χ4v) is 2.92. The summed E-state index contributed by atoms with van der Waals surface area (Å²) in [5.41, 5.74) is 3.16. The highest BCUT2D eigenvalue weighted by atomic mass is 32.2. The summed E-state index contributed by atoms with van der Waals surface area (Å²) in [6.07, 6.45) is 8.13. The molecule has 0 saturated heterocycles. The second kappa shape index (κ2) is 16.3. The third kappa shape index (κ3) is 11.4. The molecule has 0 radical (unpaired) electrons. The number of rotatable bonds is 11. The Morgan fingerprint density at radius 3 is 2.26 bits per heavy atom. The quantitative estimate of drug-likeness (QED) is 0.201. The Labute approximate surface area is 169 Å². The molecule has 0 N–H and O–H groups in total. The van der Waals surface area contributed by atoms with Crippen LogP contribution in [-0.2, 0) is 4.84 Å². The van der Waals surface area contributed by atoms with Crippen LogP contribution in [0, 0.1) is 13.8 Å². The van der Waals surface area contributed by atoms with E-state index < -0.39 is 0 Å². The van der Waals surface area contributed by atoms with Crippen LogP contribution < -0.4 is 9.47 Å². The first-order valence-electron chi connectivity index (χ1n) is 9.35. The molecule has 4 nitrogen and oxygen atoms in total. The van der Waals surface area contributed by atoms with Crippen molar-refractivity contribution in [2.45, 2.75) is 41.5 Å². The summed E-state index contributed by atoms with van der Waals surface area (Å²) in [6.45, 7) is 13.2. The fraction of sp³-hybridized carbons (Fsp3) is 0.500. The van der Waals surface area contributed by atoms with Gasteiger partial charge in [0, 0.05) is 11.5 Å². The molecule has 0 bridgehead atoms. The van der Waals surface area contributed by atoms with Gasteiger partial charge < -0.3 is 14.3 Å². The lowest BCUT2D eigenvalue weighted by Crippen LogP contribution is -2.00. The molecule has 1 aromatic rings. The van der Waals surface area contributed by atoms with Crippen LogP contribution >= 0.6 is 11.8 Å². The zero-order chi connectivity index (χ0) is 20.5. The summed E-state index contributed by atoms with van der Waals surface area (Å²) in [6, 6.07) is 4.03. The van der Waals surface area contributed by atoms with Crippen LogP contribution in [0.3, 0.4) is 0 Å². The van der Waals surface area contributed by atoms with E-state index in [1.807, 2.05) is 71.9 Å². The van der Waals surface area contributed by atoms with Crippen LogP contribution in [-0.4, -0.2) is 37.5 Å². The van der Waals surface area contributed by atoms with E-state index in [9.17, 15) is 0 Å². The van der Waals surface area contributed by atoms with Crippen LogP contribution in [0.5, 0.6) is 11.5 Å². The van der Waals surface area contributed by atoms with E-state index in [0.29, 0.717) is 13.2 Å². The van der Waals surface area contributed by atoms with Gasteiger partial charge in [0.2, 0.25) is 0 Å². The van der Waals surface area contributed by atoms with E-state index in [2.05, 4.69) is 11.2 Å². The second-order valence-electron chi connectivity index (χ2n) is 5.57. The van der Waals surface area contributed by atoms with Crippen molar-refractivity contribution in [3.8, 4) is 11.5 Å². The normalized spacial score (nSPS) is 11.4. The molecule has 0 heterocycles. The van der Waals surface area contributed by atoms with Crippen molar-refractivity contribution in [2.75, 3.05) is 31.8 Å². The second-order valence-corrected chi connectivity index (χ2v) is 6.60. The van der Waals surface area contributed by atoms with Gasteiger partial charge >= 0.3 is 0 Å². The number of ether oxygens (including phenoxy) is 2. The monoisotopic (exact) mass is 393 g/mol. The minimum absolute atomic E-state index is 0.562. The highest BCUT2D eigenvalue weighted by molar-refractivity contribution is 8.00. The van der Waals surface area contributed by atoms with Gasteiger partial charge in [-0.25, -0.2) is 0 Å². The van der Waals surface area contributed by atoms with Gasteiger partial charge in [0.25, 0.3) is 0 Å². The molecule has 5 heteroatoms. The molecule has 0 fully saturated rings. The van der Waals surface area contributed by atoms with Gasteiger partial charge in [-0.05, 0) is 51.0 Å². The van der Waals surface area contributed by atoms with Gasteiger partial charge in [0.15, 0.2) is 0 Å². The summed E-state index contributed by atoms with van der Waals surface area (Å²) in [5, 5.41) is 3.88. The van der Waals surface area contributed by atoms with E-state index >= 15 is 0 Å². The summed E-state index contributed by atoms with van der Waals surface area (Å²) in [5.74, 6) is 3.60. The first-order valence-corrected chi connectivity index (χ1v) is 10.5. The predicted molar refractivity (Wildman–Crippen MR) is 120 cm³/mol. The van der Waals surface area contributed by atoms with Crippen molar-refractivity contribution in [3.63, 3.8) is 0 Å². The van der Waals surface area contributed by atoms with Gasteiger partial charge in [0.05, 0.1) is 5.71 Å². The van der Waals surface area contributed by atoms with E-state index in [0.717, 1.165) is 39.8 Å². The molecule has 27 heavy (non-hydrogen) atoms. The molecule has 0 aliphatic rings. The number of aryl methyl sites for hydroxylation is 2. The molecule has 0 saturated carbocycles.